The fourth-order valence-corrected chi connectivity index (χ4v) is 2.77. The van der Waals surface area contributed by atoms with E-state index in [4.69, 9.17) is 4.74 Å². The molecule has 1 amide bonds. The summed E-state index contributed by atoms with van der Waals surface area (Å²) in [6.45, 7) is 2.02. The van der Waals surface area contributed by atoms with Gasteiger partial charge in [0.1, 0.15) is 12.4 Å². The van der Waals surface area contributed by atoms with Crippen molar-refractivity contribution in [2.75, 3.05) is 5.32 Å². The van der Waals surface area contributed by atoms with Crippen molar-refractivity contribution in [1.82, 2.24) is 5.32 Å². The summed E-state index contributed by atoms with van der Waals surface area (Å²) in [6, 6.07) is 14.9. The molecule has 2 aromatic rings. The molecule has 1 aliphatic carbocycles. The number of hydrogen-bond acceptors (Lipinski definition) is 3. The van der Waals surface area contributed by atoms with E-state index in [9.17, 15) is 9.18 Å². The molecule has 0 unspecified atom stereocenters. The Morgan fingerprint density at radius 3 is 2.62 bits per heavy atom. The van der Waals surface area contributed by atoms with Crippen LogP contribution in [0.5, 0.6) is 0 Å². The summed E-state index contributed by atoms with van der Waals surface area (Å²) in [5.41, 5.74) is 2.39. The fraction of sp³-hybridized carbons (Fsp3) is 0.316. The SMILES string of the molecule is Cc1c(F)cccc1NC1CC(NC(=O)OCc2ccccc2)C1. The summed E-state index contributed by atoms with van der Waals surface area (Å²) in [6.07, 6.45) is 1.21. The fourth-order valence-electron chi connectivity index (χ4n) is 2.77. The molecule has 0 aromatic heterocycles. The average molecular weight is 328 g/mol. The van der Waals surface area contributed by atoms with Gasteiger partial charge < -0.3 is 15.4 Å². The highest BCUT2D eigenvalue weighted by molar-refractivity contribution is 5.68. The van der Waals surface area contributed by atoms with Gasteiger partial charge >= 0.3 is 6.09 Å². The summed E-state index contributed by atoms with van der Waals surface area (Å²) in [7, 11) is 0. The number of anilines is 1. The van der Waals surface area contributed by atoms with E-state index in [1.54, 1.807) is 13.0 Å². The standard InChI is InChI=1S/C19H21FN2O2/c1-13-17(20)8-5-9-18(13)21-15-10-16(11-15)22-19(23)24-12-14-6-3-2-4-7-14/h2-9,15-16,21H,10-12H2,1H3,(H,22,23). The molecule has 1 fully saturated rings. The molecule has 0 heterocycles. The van der Waals surface area contributed by atoms with Crippen molar-refractivity contribution in [2.45, 2.75) is 38.5 Å². The second-order valence-electron chi connectivity index (χ2n) is 6.13. The van der Waals surface area contributed by atoms with E-state index >= 15 is 0 Å². The predicted octanol–water partition coefficient (Wildman–Crippen LogP) is 4.00. The monoisotopic (exact) mass is 328 g/mol. The number of carbonyl (C=O) groups excluding carboxylic acids is 1. The van der Waals surface area contributed by atoms with Crippen LogP contribution in [0.3, 0.4) is 0 Å². The molecule has 2 aromatic carbocycles. The number of ether oxygens (including phenoxy) is 1. The molecule has 126 valence electrons. The zero-order valence-corrected chi connectivity index (χ0v) is 13.6. The Bertz CT molecular complexity index is 700. The van der Waals surface area contributed by atoms with E-state index in [0.717, 1.165) is 24.1 Å². The first kappa shape index (κ1) is 16.3. The number of hydrogen-bond donors (Lipinski definition) is 2. The lowest BCUT2D eigenvalue weighted by Gasteiger charge is -2.36. The van der Waals surface area contributed by atoms with Crippen LogP contribution in [0.25, 0.3) is 0 Å². The van der Waals surface area contributed by atoms with Crippen LogP contribution in [-0.4, -0.2) is 18.2 Å². The first-order chi connectivity index (χ1) is 11.6. The van der Waals surface area contributed by atoms with E-state index in [1.807, 2.05) is 36.4 Å². The maximum atomic E-state index is 13.5. The van der Waals surface area contributed by atoms with E-state index in [1.165, 1.54) is 6.07 Å². The highest BCUT2D eigenvalue weighted by Crippen LogP contribution is 2.26. The van der Waals surface area contributed by atoms with Gasteiger partial charge in [0.25, 0.3) is 0 Å². The number of halogens is 1. The van der Waals surface area contributed by atoms with E-state index < -0.39 is 6.09 Å². The lowest BCUT2D eigenvalue weighted by molar-refractivity contribution is 0.129. The number of nitrogens with one attached hydrogen (secondary N) is 2. The molecule has 0 bridgehead atoms. The average Bonchev–Trinajstić information content (AvgIpc) is 2.56. The van der Waals surface area contributed by atoms with Gasteiger partial charge in [0.05, 0.1) is 0 Å². The highest BCUT2D eigenvalue weighted by Gasteiger charge is 2.31. The molecule has 0 atom stereocenters. The van der Waals surface area contributed by atoms with E-state index in [0.29, 0.717) is 5.56 Å². The summed E-state index contributed by atoms with van der Waals surface area (Å²) in [5.74, 6) is -0.210. The Morgan fingerprint density at radius 1 is 1.12 bits per heavy atom. The molecule has 1 aliphatic rings. The second-order valence-corrected chi connectivity index (χ2v) is 6.13. The van der Waals surface area contributed by atoms with Crippen LogP contribution < -0.4 is 10.6 Å². The van der Waals surface area contributed by atoms with Crippen LogP contribution in [0.1, 0.15) is 24.0 Å². The third-order valence-electron chi connectivity index (χ3n) is 4.30. The maximum Gasteiger partial charge on any atom is 0.407 e. The lowest BCUT2D eigenvalue weighted by atomic mass is 9.86. The van der Waals surface area contributed by atoms with Gasteiger partial charge in [-0.1, -0.05) is 36.4 Å². The molecule has 1 saturated carbocycles. The smallest absolute Gasteiger partial charge is 0.407 e. The van der Waals surface area contributed by atoms with Crippen molar-refractivity contribution in [3.63, 3.8) is 0 Å². The minimum Gasteiger partial charge on any atom is -0.445 e. The summed E-state index contributed by atoms with van der Waals surface area (Å²) in [4.78, 5) is 11.8. The Morgan fingerprint density at radius 2 is 1.88 bits per heavy atom. The normalized spacial score (nSPS) is 19.2. The third kappa shape index (κ3) is 4.04. The van der Waals surface area contributed by atoms with E-state index in [2.05, 4.69) is 10.6 Å². The van der Waals surface area contributed by atoms with Gasteiger partial charge in [-0.3, -0.25) is 0 Å². The molecule has 0 radical (unpaired) electrons. The molecule has 5 heteroatoms. The summed E-state index contributed by atoms with van der Waals surface area (Å²) >= 11 is 0. The van der Waals surface area contributed by atoms with E-state index in [-0.39, 0.29) is 24.5 Å². The lowest BCUT2D eigenvalue weighted by Crippen LogP contribution is -2.49. The van der Waals surface area contributed by atoms with Crippen LogP contribution in [-0.2, 0) is 11.3 Å². The minimum atomic E-state index is -0.399. The molecular formula is C19H21FN2O2. The number of benzene rings is 2. The number of alkyl carbamates (subject to hydrolysis) is 1. The Kier molecular flexibility index (Phi) is 4.99. The molecule has 0 saturated heterocycles. The maximum absolute atomic E-state index is 13.5. The van der Waals surface area contributed by atoms with Crippen LogP contribution in [0.4, 0.5) is 14.9 Å². The van der Waals surface area contributed by atoms with Gasteiger partial charge in [-0.15, -0.1) is 0 Å². The first-order valence-electron chi connectivity index (χ1n) is 8.10. The van der Waals surface area contributed by atoms with Gasteiger partial charge in [0.2, 0.25) is 0 Å². The van der Waals surface area contributed by atoms with Gasteiger partial charge in [0.15, 0.2) is 0 Å². The molecule has 0 spiro atoms. The summed E-state index contributed by atoms with van der Waals surface area (Å²) < 4.78 is 18.7. The van der Waals surface area contributed by atoms with Gasteiger partial charge in [-0.05, 0) is 37.5 Å². The molecule has 4 nitrogen and oxygen atoms in total. The number of rotatable bonds is 5. The Labute approximate surface area is 141 Å². The zero-order chi connectivity index (χ0) is 16.9. The topological polar surface area (TPSA) is 50.4 Å². The molecule has 2 N–H and O–H groups in total. The van der Waals surface area contributed by atoms with Crippen molar-refractivity contribution in [1.29, 1.82) is 0 Å². The first-order valence-corrected chi connectivity index (χ1v) is 8.10. The molecular weight excluding hydrogens is 307 g/mol. The van der Waals surface area contributed by atoms with Crippen LogP contribution in [0.2, 0.25) is 0 Å². The van der Waals surface area contributed by atoms with Crippen LogP contribution in [0, 0.1) is 12.7 Å². The Hall–Kier alpha value is -2.56. The third-order valence-corrected chi connectivity index (χ3v) is 4.30. The van der Waals surface area contributed by atoms with Crippen molar-refractivity contribution >= 4 is 11.8 Å². The van der Waals surface area contributed by atoms with Crippen molar-refractivity contribution in [3.05, 3.63) is 65.5 Å². The van der Waals surface area contributed by atoms with Crippen LogP contribution >= 0.6 is 0 Å². The van der Waals surface area contributed by atoms with Gasteiger partial charge in [-0.25, -0.2) is 9.18 Å². The summed E-state index contributed by atoms with van der Waals surface area (Å²) in [5, 5.41) is 6.17. The van der Waals surface area contributed by atoms with Crippen molar-refractivity contribution < 1.29 is 13.9 Å². The van der Waals surface area contributed by atoms with Crippen molar-refractivity contribution in [2.24, 2.45) is 0 Å². The van der Waals surface area contributed by atoms with Gasteiger partial charge in [0, 0.05) is 23.3 Å². The number of amides is 1. The second kappa shape index (κ2) is 7.34. The zero-order valence-electron chi connectivity index (χ0n) is 13.6. The highest BCUT2D eigenvalue weighted by atomic mass is 19.1. The predicted molar refractivity (Wildman–Crippen MR) is 91.3 cm³/mol. The Balaban J connectivity index is 1.39. The van der Waals surface area contributed by atoms with Crippen molar-refractivity contribution in [3.8, 4) is 0 Å². The van der Waals surface area contributed by atoms with Crippen LogP contribution in [0.15, 0.2) is 48.5 Å². The minimum absolute atomic E-state index is 0.0969. The number of carbonyl (C=O) groups is 1. The quantitative estimate of drug-likeness (QED) is 0.872. The molecule has 0 aliphatic heterocycles. The molecule has 24 heavy (non-hydrogen) atoms. The largest absolute Gasteiger partial charge is 0.445 e. The molecule has 3 rings (SSSR count). The van der Waals surface area contributed by atoms with Gasteiger partial charge in [-0.2, -0.15) is 0 Å².